The SMILES string of the molecule is S.S.S.S.[Mo].[NH4+].[NH4+]. The molecular weight excluding hydrogens is 252 g/mol. The Morgan fingerprint density at radius 1 is 0.429 bits per heavy atom. The van der Waals surface area contributed by atoms with Gasteiger partial charge in [-0.2, -0.15) is 54.0 Å². The molecule has 2 nitrogen and oxygen atoms in total. The molecule has 0 aliphatic carbocycles. The molecule has 0 atom stereocenters. The van der Waals surface area contributed by atoms with Gasteiger partial charge in [-0.15, -0.1) is 0 Å². The average molecular weight is 268 g/mol. The van der Waals surface area contributed by atoms with Crippen molar-refractivity contribution in [3.63, 3.8) is 0 Å². The molecule has 0 aromatic heterocycles. The maximum absolute atomic E-state index is 0. The van der Waals surface area contributed by atoms with Gasteiger partial charge < -0.3 is 12.3 Å². The summed E-state index contributed by atoms with van der Waals surface area (Å²) in [6, 6.07) is 0. The standard InChI is InChI=1S/Mo.2H3N.4H2S/h;2*1H3;4*1H2/p+2. The molecule has 0 aliphatic heterocycles. The van der Waals surface area contributed by atoms with Gasteiger partial charge in [-0.25, -0.2) is 0 Å². The summed E-state index contributed by atoms with van der Waals surface area (Å²) in [5.74, 6) is 0. The third-order valence-corrected chi connectivity index (χ3v) is 0. The van der Waals surface area contributed by atoms with Crippen molar-refractivity contribution in [2.75, 3.05) is 0 Å². The summed E-state index contributed by atoms with van der Waals surface area (Å²) in [5.41, 5.74) is 0. The summed E-state index contributed by atoms with van der Waals surface area (Å²) in [4.78, 5) is 0. The van der Waals surface area contributed by atoms with Crippen LogP contribution in [0.5, 0.6) is 0 Å². The first-order chi connectivity index (χ1) is 0. The average Bonchev–Trinajstić information content (AvgIpc) is 0. The minimum atomic E-state index is 0. The largest absolute Gasteiger partial charge is 0.369 e. The van der Waals surface area contributed by atoms with Crippen molar-refractivity contribution in [2.45, 2.75) is 0 Å². The molecule has 0 rings (SSSR count). The fourth-order valence-corrected chi connectivity index (χ4v) is 0. The minimum absolute atomic E-state index is 0. The Morgan fingerprint density at radius 2 is 0.429 bits per heavy atom. The van der Waals surface area contributed by atoms with Crippen molar-refractivity contribution < 1.29 is 21.1 Å². The van der Waals surface area contributed by atoms with Crippen LogP contribution < -0.4 is 12.3 Å². The normalized spacial score (nSPS) is 0. The Balaban J connectivity index is 0. The molecule has 0 aromatic carbocycles. The molecular formula is H16MoN2S4+2. The van der Waals surface area contributed by atoms with Gasteiger partial charge >= 0.3 is 0 Å². The summed E-state index contributed by atoms with van der Waals surface area (Å²) in [7, 11) is 0. The molecule has 0 fully saturated rings. The van der Waals surface area contributed by atoms with E-state index in [1.807, 2.05) is 0 Å². The smallest absolute Gasteiger partial charge is 0 e. The Kier molecular flexibility index (Phi) is 2000. The van der Waals surface area contributed by atoms with E-state index in [9.17, 15) is 0 Å². The molecule has 0 radical (unpaired) electrons. The van der Waals surface area contributed by atoms with E-state index in [-0.39, 0.29) is 87.3 Å². The van der Waals surface area contributed by atoms with Crippen LogP contribution >= 0.6 is 54.0 Å². The molecule has 54 valence electrons. The van der Waals surface area contributed by atoms with Crippen LogP contribution in [0.2, 0.25) is 0 Å². The molecule has 0 spiro atoms. The van der Waals surface area contributed by atoms with E-state index in [2.05, 4.69) is 0 Å². The first kappa shape index (κ1) is 143. The van der Waals surface area contributed by atoms with Gasteiger partial charge in [-0.3, -0.25) is 0 Å². The van der Waals surface area contributed by atoms with E-state index in [4.69, 9.17) is 0 Å². The number of rotatable bonds is 0. The first-order valence-electron chi connectivity index (χ1n) is 0. The molecule has 0 unspecified atom stereocenters. The molecule has 0 bridgehead atoms. The van der Waals surface area contributed by atoms with Gasteiger partial charge in [0.05, 0.1) is 0 Å². The molecule has 0 saturated carbocycles. The third kappa shape index (κ3) is 71.7. The van der Waals surface area contributed by atoms with Crippen molar-refractivity contribution in [3.8, 4) is 0 Å². The van der Waals surface area contributed by atoms with Crippen molar-refractivity contribution in [1.29, 1.82) is 0 Å². The Bertz CT molecular complexity index is 9.65. The van der Waals surface area contributed by atoms with Gasteiger partial charge in [0, 0.05) is 21.1 Å². The van der Waals surface area contributed by atoms with E-state index in [1.54, 1.807) is 0 Å². The minimum Gasteiger partial charge on any atom is -0.369 e. The second kappa shape index (κ2) is 97.5. The molecule has 7 heteroatoms. The van der Waals surface area contributed by atoms with Crippen molar-refractivity contribution in [2.24, 2.45) is 0 Å². The summed E-state index contributed by atoms with van der Waals surface area (Å²) >= 11 is 0. The van der Waals surface area contributed by atoms with Crippen LogP contribution in [0, 0.1) is 0 Å². The Hall–Kier alpha value is 2.01. The summed E-state index contributed by atoms with van der Waals surface area (Å²) in [5, 5.41) is 0. The Labute approximate surface area is 86.8 Å². The Morgan fingerprint density at radius 3 is 0.429 bits per heavy atom. The summed E-state index contributed by atoms with van der Waals surface area (Å²) in [6.45, 7) is 0. The molecule has 0 amide bonds. The van der Waals surface area contributed by atoms with Crippen LogP contribution in [0.1, 0.15) is 0 Å². The number of quaternary nitrogens is 2. The molecule has 0 aromatic rings. The van der Waals surface area contributed by atoms with Crippen molar-refractivity contribution in [1.82, 2.24) is 12.3 Å². The predicted octanol–water partition coefficient (Wildman–Crippen LogP) is 1.20. The molecule has 0 heterocycles. The van der Waals surface area contributed by atoms with Gasteiger partial charge in [-0.05, 0) is 0 Å². The first-order valence-corrected chi connectivity index (χ1v) is 0. The van der Waals surface area contributed by atoms with Crippen molar-refractivity contribution >= 4 is 54.0 Å². The van der Waals surface area contributed by atoms with Crippen LogP contribution in [-0.4, -0.2) is 0 Å². The van der Waals surface area contributed by atoms with Gasteiger partial charge in [0.1, 0.15) is 0 Å². The van der Waals surface area contributed by atoms with Crippen LogP contribution in [0.25, 0.3) is 0 Å². The van der Waals surface area contributed by atoms with E-state index in [0.717, 1.165) is 0 Å². The van der Waals surface area contributed by atoms with Crippen LogP contribution in [-0.2, 0) is 21.1 Å². The molecule has 7 heavy (non-hydrogen) atoms. The van der Waals surface area contributed by atoms with Gasteiger partial charge in [0.15, 0.2) is 0 Å². The van der Waals surface area contributed by atoms with Gasteiger partial charge in [0.25, 0.3) is 0 Å². The zero-order valence-electron chi connectivity index (χ0n) is 4.41. The third-order valence-electron chi connectivity index (χ3n) is 0. The van der Waals surface area contributed by atoms with E-state index >= 15 is 0 Å². The quantitative estimate of drug-likeness (QED) is 0.620. The van der Waals surface area contributed by atoms with Gasteiger partial charge in [-0.1, -0.05) is 0 Å². The zero-order chi connectivity index (χ0) is 0. The second-order valence-electron chi connectivity index (χ2n) is 0. The van der Waals surface area contributed by atoms with E-state index < -0.39 is 0 Å². The van der Waals surface area contributed by atoms with Crippen molar-refractivity contribution in [3.05, 3.63) is 0 Å². The van der Waals surface area contributed by atoms with E-state index in [1.165, 1.54) is 0 Å². The topological polar surface area (TPSA) is 73.0 Å². The molecule has 0 aliphatic rings. The van der Waals surface area contributed by atoms with E-state index in [0.29, 0.717) is 0 Å². The zero-order valence-corrected chi connectivity index (χ0v) is 10.4. The van der Waals surface area contributed by atoms with Crippen LogP contribution in [0.4, 0.5) is 0 Å². The maximum Gasteiger partial charge on any atom is 0 e. The van der Waals surface area contributed by atoms with Crippen LogP contribution in [0.3, 0.4) is 0 Å². The molecule has 8 N–H and O–H groups in total. The van der Waals surface area contributed by atoms with Gasteiger partial charge in [0.2, 0.25) is 0 Å². The van der Waals surface area contributed by atoms with Crippen LogP contribution in [0.15, 0.2) is 0 Å². The fourth-order valence-electron chi connectivity index (χ4n) is 0. The fraction of sp³-hybridized carbons (Fsp3) is 0. The monoisotopic (exact) mass is 270 g/mol. The summed E-state index contributed by atoms with van der Waals surface area (Å²) in [6.07, 6.45) is 0. The second-order valence-corrected chi connectivity index (χ2v) is 0. The predicted molar refractivity (Wildman–Crippen MR) is 53.5 cm³/mol. The maximum atomic E-state index is 0. The summed E-state index contributed by atoms with van der Waals surface area (Å²) < 4.78 is 0. The number of hydrogen-bond donors (Lipinski definition) is 2. The number of hydrogen-bond acceptors (Lipinski definition) is 0. The molecule has 0 saturated heterocycles.